The van der Waals surface area contributed by atoms with Gasteiger partial charge in [-0.05, 0) is 48.5 Å². The van der Waals surface area contributed by atoms with Crippen molar-refractivity contribution in [2.24, 2.45) is 0 Å². The van der Waals surface area contributed by atoms with Crippen LogP contribution in [0.5, 0.6) is 5.75 Å². The lowest BCUT2D eigenvalue weighted by atomic mass is 10.1. The van der Waals surface area contributed by atoms with E-state index in [0.29, 0.717) is 43.2 Å². The molecule has 8 heteroatoms. The zero-order chi connectivity index (χ0) is 22.5. The molecule has 2 aromatic carbocycles. The van der Waals surface area contributed by atoms with Gasteiger partial charge < -0.3 is 19.9 Å². The highest BCUT2D eigenvalue weighted by Crippen LogP contribution is 2.19. The van der Waals surface area contributed by atoms with Crippen LogP contribution >= 0.6 is 0 Å². The second-order valence-electron chi connectivity index (χ2n) is 7.35. The molecule has 0 spiro atoms. The highest BCUT2D eigenvalue weighted by molar-refractivity contribution is 6.04. The number of amides is 2. The zero-order valence-corrected chi connectivity index (χ0v) is 17.6. The third-order valence-electron chi connectivity index (χ3n) is 5.35. The number of halogens is 1. The predicted molar refractivity (Wildman–Crippen MR) is 120 cm³/mol. The van der Waals surface area contributed by atoms with Gasteiger partial charge in [-0.1, -0.05) is 12.1 Å². The van der Waals surface area contributed by atoms with E-state index in [9.17, 15) is 14.0 Å². The van der Waals surface area contributed by atoms with E-state index in [0.717, 1.165) is 5.82 Å². The third-order valence-corrected chi connectivity index (χ3v) is 5.35. The Morgan fingerprint density at radius 2 is 1.69 bits per heavy atom. The molecule has 1 saturated heterocycles. The molecule has 1 fully saturated rings. The van der Waals surface area contributed by atoms with Gasteiger partial charge in [0, 0.05) is 31.7 Å². The first kappa shape index (κ1) is 21.3. The van der Waals surface area contributed by atoms with Crippen LogP contribution in [0.1, 0.15) is 20.7 Å². The Labute approximate surface area is 185 Å². The average molecular weight is 434 g/mol. The molecular formula is C24H23FN4O3. The van der Waals surface area contributed by atoms with Crippen molar-refractivity contribution in [1.29, 1.82) is 0 Å². The fourth-order valence-electron chi connectivity index (χ4n) is 3.55. The molecule has 1 aromatic heterocycles. The summed E-state index contributed by atoms with van der Waals surface area (Å²) in [7, 11) is 1.59. The normalized spacial score (nSPS) is 13.6. The van der Waals surface area contributed by atoms with Crippen LogP contribution in [-0.2, 0) is 0 Å². The first-order chi connectivity index (χ1) is 15.5. The highest BCUT2D eigenvalue weighted by atomic mass is 19.1. The van der Waals surface area contributed by atoms with Gasteiger partial charge in [-0.2, -0.15) is 0 Å². The van der Waals surface area contributed by atoms with Crippen molar-refractivity contribution in [3.8, 4) is 5.75 Å². The number of pyridine rings is 1. The molecule has 0 unspecified atom stereocenters. The largest absolute Gasteiger partial charge is 0.497 e. The molecule has 1 N–H and O–H groups in total. The van der Waals surface area contributed by atoms with Crippen LogP contribution in [-0.4, -0.2) is 55.0 Å². The van der Waals surface area contributed by atoms with Gasteiger partial charge in [0.25, 0.3) is 11.8 Å². The van der Waals surface area contributed by atoms with E-state index >= 15 is 0 Å². The van der Waals surface area contributed by atoms with E-state index in [2.05, 4.69) is 15.2 Å². The summed E-state index contributed by atoms with van der Waals surface area (Å²) in [5.41, 5.74) is 1.09. The van der Waals surface area contributed by atoms with E-state index in [1.54, 1.807) is 55.8 Å². The van der Waals surface area contributed by atoms with Crippen LogP contribution in [0.25, 0.3) is 0 Å². The summed E-state index contributed by atoms with van der Waals surface area (Å²) in [6.45, 7) is 2.46. The smallest absolute Gasteiger partial charge is 0.258 e. The van der Waals surface area contributed by atoms with Crippen LogP contribution in [0, 0.1) is 5.82 Å². The predicted octanol–water partition coefficient (Wildman–Crippen LogP) is 3.44. The van der Waals surface area contributed by atoms with Crippen molar-refractivity contribution >= 4 is 23.3 Å². The van der Waals surface area contributed by atoms with E-state index < -0.39 is 11.7 Å². The number of carbonyl (C=O) groups excluding carboxylic acids is 2. The second kappa shape index (κ2) is 9.47. The summed E-state index contributed by atoms with van der Waals surface area (Å²) >= 11 is 0. The number of anilines is 2. The SMILES string of the molecule is COc1ccc(C(=O)N2CCN(c3ccc(NC(=O)c4ccccc4F)cn3)CC2)cc1. The monoisotopic (exact) mass is 434 g/mol. The van der Waals surface area contributed by atoms with Gasteiger partial charge in [0.05, 0.1) is 24.6 Å². The number of hydrogen-bond donors (Lipinski definition) is 1. The van der Waals surface area contributed by atoms with Crippen molar-refractivity contribution in [2.45, 2.75) is 0 Å². The van der Waals surface area contributed by atoms with Crippen molar-refractivity contribution in [3.63, 3.8) is 0 Å². The zero-order valence-electron chi connectivity index (χ0n) is 17.6. The molecule has 0 radical (unpaired) electrons. The van der Waals surface area contributed by atoms with E-state index in [4.69, 9.17) is 4.74 Å². The molecule has 1 aliphatic heterocycles. The van der Waals surface area contributed by atoms with Crippen molar-refractivity contribution in [3.05, 3.63) is 83.8 Å². The van der Waals surface area contributed by atoms with E-state index in [-0.39, 0.29) is 11.5 Å². The number of aromatic nitrogens is 1. The Morgan fingerprint density at radius 3 is 2.31 bits per heavy atom. The fraction of sp³-hybridized carbons (Fsp3) is 0.208. The van der Waals surface area contributed by atoms with Gasteiger partial charge in [0.2, 0.25) is 0 Å². The number of piperazine rings is 1. The Hall–Kier alpha value is -3.94. The molecule has 0 saturated carbocycles. The van der Waals surface area contributed by atoms with Crippen LogP contribution in [0.2, 0.25) is 0 Å². The number of nitrogens with zero attached hydrogens (tertiary/aromatic N) is 3. The van der Waals surface area contributed by atoms with E-state index in [1.807, 2.05) is 4.90 Å². The molecule has 0 atom stereocenters. The maximum absolute atomic E-state index is 13.8. The Balaban J connectivity index is 1.33. The standard InChI is InChI=1S/C24H23FN4O3/c1-32-19-9-6-17(7-10-19)24(31)29-14-12-28(13-15-29)22-11-8-18(16-26-22)27-23(30)20-4-2-3-5-21(20)25/h2-11,16H,12-15H2,1H3,(H,27,30). The molecule has 7 nitrogen and oxygen atoms in total. The molecule has 4 rings (SSSR count). The molecule has 32 heavy (non-hydrogen) atoms. The average Bonchev–Trinajstić information content (AvgIpc) is 2.84. The summed E-state index contributed by atoms with van der Waals surface area (Å²) in [5, 5.41) is 2.66. The summed E-state index contributed by atoms with van der Waals surface area (Å²) < 4.78 is 18.9. The fourth-order valence-corrected chi connectivity index (χ4v) is 3.55. The Morgan fingerprint density at radius 1 is 0.969 bits per heavy atom. The first-order valence-corrected chi connectivity index (χ1v) is 10.3. The lowest BCUT2D eigenvalue weighted by Crippen LogP contribution is -2.49. The van der Waals surface area contributed by atoms with Crippen molar-refractivity contribution in [1.82, 2.24) is 9.88 Å². The van der Waals surface area contributed by atoms with Gasteiger partial charge in [-0.15, -0.1) is 0 Å². The highest BCUT2D eigenvalue weighted by Gasteiger charge is 2.23. The number of hydrogen-bond acceptors (Lipinski definition) is 5. The maximum Gasteiger partial charge on any atom is 0.258 e. The van der Waals surface area contributed by atoms with Crippen LogP contribution in [0.15, 0.2) is 66.9 Å². The summed E-state index contributed by atoms with van der Waals surface area (Å²) in [6, 6.07) is 16.4. The summed E-state index contributed by atoms with van der Waals surface area (Å²) in [5.74, 6) is 0.364. The third kappa shape index (κ3) is 4.69. The molecule has 0 aliphatic carbocycles. The van der Waals surface area contributed by atoms with Gasteiger partial charge >= 0.3 is 0 Å². The first-order valence-electron chi connectivity index (χ1n) is 10.3. The minimum absolute atomic E-state index is 0.00790. The van der Waals surface area contributed by atoms with Gasteiger partial charge in [0.15, 0.2) is 0 Å². The number of carbonyl (C=O) groups is 2. The van der Waals surface area contributed by atoms with Gasteiger partial charge in [0.1, 0.15) is 17.4 Å². The number of rotatable bonds is 5. The van der Waals surface area contributed by atoms with E-state index in [1.165, 1.54) is 18.2 Å². The molecule has 2 heterocycles. The molecule has 2 amide bonds. The summed E-state index contributed by atoms with van der Waals surface area (Å²) in [6.07, 6.45) is 1.54. The number of nitrogens with one attached hydrogen (secondary N) is 1. The quantitative estimate of drug-likeness (QED) is 0.666. The van der Waals surface area contributed by atoms with Gasteiger partial charge in [-0.25, -0.2) is 9.37 Å². The maximum atomic E-state index is 13.8. The topological polar surface area (TPSA) is 74.8 Å². The van der Waals surface area contributed by atoms with Crippen molar-refractivity contribution < 1.29 is 18.7 Å². The van der Waals surface area contributed by atoms with Crippen molar-refractivity contribution in [2.75, 3.05) is 43.5 Å². The van der Waals surface area contributed by atoms with Gasteiger partial charge in [-0.3, -0.25) is 9.59 Å². The van der Waals surface area contributed by atoms with Crippen LogP contribution in [0.4, 0.5) is 15.9 Å². The number of benzene rings is 2. The molecule has 0 bridgehead atoms. The minimum atomic E-state index is -0.573. The molecule has 1 aliphatic rings. The lowest BCUT2D eigenvalue weighted by Gasteiger charge is -2.35. The Bertz CT molecular complexity index is 1090. The van der Waals surface area contributed by atoms with Crippen LogP contribution < -0.4 is 15.0 Å². The molecule has 164 valence electrons. The lowest BCUT2D eigenvalue weighted by molar-refractivity contribution is 0.0746. The number of ether oxygens (including phenoxy) is 1. The minimum Gasteiger partial charge on any atom is -0.497 e. The van der Waals surface area contributed by atoms with Crippen LogP contribution in [0.3, 0.4) is 0 Å². The Kier molecular flexibility index (Phi) is 6.30. The number of methoxy groups -OCH3 is 1. The molecule has 3 aromatic rings. The summed E-state index contributed by atoms with van der Waals surface area (Å²) in [4.78, 5) is 33.3. The molecular weight excluding hydrogens is 411 g/mol. The second-order valence-corrected chi connectivity index (χ2v) is 7.35.